The summed E-state index contributed by atoms with van der Waals surface area (Å²) in [4.78, 5) is 9.96. The third-order valence-electron chi connectivity index (χ3n) is 2.69. The first-order valence-electron chi connectivity index (χ1n) is 5.99. The van der Waals surface area contributed by atoms with E-state index in [4.69, 9.17) is 0 Å². The van der Waals surface area contributed by atoms with Crippen LogP contribution in [0.4, 0.5) is 15.8 Å². The molecule has 1 atom stereocenters. The Hall–Kier alpha value is -2.00. The number of anilines is 1. The maximum Gasteiger partial charge on any atom is 0.306 e. The molecule has 0 saturated carbocycles. The summed E-state index contributed by atoms with van der Waals surface area (Å²) in [5.41, 5.74) is 0.520. The Morgan fingerprint density at radius 2 is 2.33 bits per heavy atom. The van der Waals surface area contributed by atoms with Crippen LogP contribution in [-0.2, 0) is 6.54 Å². The van der Waals surface area contributed by atoms with Crippen molar-refractivity contribution >= 4 is 27.3 Å². The molecule has 112 valence electrons. The maximum atomic E-state index is 13.1. The minimum Gasteiger partial charge on any atom is -0.389 e. The molecule has 0 aliphatic carbocycles. The molecule has 0 saturated heterocycles. The summed E-state index contributed by atoms with van der Waals surface area (Å²) in [6, 6.07) is 4.40. The highest BCUT2D eigenvalue weighted by atomic mass is 79.9. The van der Waals surface area contributed by atoms with E-state index in [2.05, 4.69) is 26.3 Å². The molecule has 2 N–H and O–H groups in total. The second-order valence-electron chi connectivity index (χ2n) is 4.34. The van der Waals surface area contributed by atoms with Crippen LogP contribution >= 0.6 is 15.9 Å². The van der Waals surface area contributed by atoms with Crippen molar-refractivity contribution in [3.63, 3.8) is 0 Å². The third kappa shape index (κ3) is 4.23. The number of nitrogens with zero attached hydrogens (tertiary/aromatic N) is 3. The van der Waals surface area contributed by atoms with Crippen molar-refractivity contribution in [1.82, 2.24) is 9.78 Å². The van der Waals surface area contributed by atoms with Crippen molar-refractivity contribution < 1.29 is 14.4 Å². The van der Waals surface area contributed by atoms with Crippen molar-refractivity contribution in [1.29, 1.82) is 0 Å². The number of halogens is 2. The number of aliphatic hydroxyl groups excluding tert-OH is 1. The number of nitro groups is 1. The number of hydrogen-bond acceptors (Lipinski definition) is 5. The lowest BCUT2D eigenvalue weighted by molar-refractivity contribution is -0.385. The second-order valence-corrected chi connectivity index (χ2v) is 5.20. The normalized spacial score (nSPS) is 12.1. The van der Waals surface area contributed by atoms with E-state index in [1.807, 2.05) is 0 Å². The zero-order chi connectivity index (χ0) is 15.4. The number of hydrogen-bond donors (Lipinski definition) is 2. The number of benzene rings is 1. The molecule has 1 unspecified atom stereocenters. The highest BCUT2D eigenvalue weighted by Gasteiger charge is 2.12. The first-order valence-corrected chi connectivity index (χ1v) is 6.79. The van der Waals surface area contributed by atoms with Crippen LogP contribution in [0.3, 0.4) is 0 Å². The summed E-state index contributed by atoms with van der Waals surface area (Å²) in [6.07, 6.45) is 1.57. The molecule has 1 aromatic carbocycles. The quantitative estimate of drug-likeness (QED) is 0.609. The molecule has 0 fully saturated rings. The molecular formula is C12H12BrFN4O3. The van der Waals surface area contributed by atoms with Gasteiger partial charge in [-0.25, -0.2) is 4.39 Å². The van der Waals surface area contributed by atoms with E-state index in [9.17, 15) is 19.6 Å². The van der Waals surface area contributed by atoms with E-state index < -0.39 is 11.0 Å². The Morgan fingerprint density at radius 3 is 2.95 bits per heavy atom. The van der Waals surface area contributed by atoms with Crippen LogP contribution in [0.2, 0.25) is 0 Å². The molecule has 0 radical (unpaired) electrons. The average Bonchev–Trinajstić information content (AvgIpc) is 2.89. The molecule has 2 aromatic rings. The summed E-state index contributed by atoms with van der Waals surface area (Å²) in [5, 5.41) is 27.1. The lowest BCUT2D eigenvalue weighted by Crippen LogP contribution is -2.25. The number of aromatic nitrogens is 2. The van der Waals surface area contributed by atoms with Gasteiger partial charge in [-0.2, -0.15) is 5.10 Å². The molecule has 1 aromatic heterocycles. The molecule has 7 nitrogen and oxygen atoms in total. The fraction of sp³-hybridized carbons (Fsp3) is 0.250. The van der Waals surface area contributed by atoms with Crippen molar-refractivity contribution in [2.45, 2.75) is 12.6 Å². The van der Waals surface area contributed by atoms with E-state index in [0.29, 0.717) is 10.2 Å². The van der Waals surface area contributed by atoms with Crippen molar-refractivity contribution in [3.05, 3.63) is 51.0 Å². The number of nitrogens with one attached hydrogen (secondary N) is 1. The topological polar surface area (TPSA) is 93.2 Å². The van der Waals surface area contributed by atoms with E-state index in [1.54, 1.807) is 12.1 Å². The Kier molecular flexibility index (Phi) is 4.86. The largest absolute Gasteiger partial charge is 0.389 e. The molecule has 2 rings (SSSR count). The van der Waals surface area contributed by atoms with Gasteiger partial charge >= 0.3 is 5.69 Å². The summed E-state index contributed by atoms with van der Waals surface area (Å²) in [5.74, 6) is -0.370. The highest BCUT2D eigenvalue weighted by molar-refractivity contribution is 9.10. The fourth-order valence-electron chi connectivity index (χ4n) is 1.67. The van der Waals surface area contributed by atoms with Gasteiger partial charge in [-0.3, -0.25) is 14.8 Å². The van der Waals surface area contributed by atoms with Gasteiger partial charge in [0.1, 0.15) is 18.2 Å². The zero-order valence-electron chi connectivity index (χ0n) is 10.7. The van der Waals surface area contributed by atoms with Crippen LogP contribution in [0.5, 0.6) is 0 Å². The predicted molar refractivity (Wildman–Crippen MR) is 77.5 cm³/mol. The molecule has 0 spiro atoms. The minimum atomic E-state index is -0.798. The third-order valence-corrected chi connectivity index (χ3v) is 3.30. The van der Waals surface area contributed by atoms with Crippen LogP contribution < -0.4 is 5.32 Å². The lowest BCUT2D eigenvalue weighted by atomic mass is 10.3. The van der Waals surface area contributed by atoms with E-state index in [1.165, 1.54) is 16.9 Å². The smallest absolute Gasteiger partial charge is 0.306 e. The van der Waals surface area contributed by atoms with Gasteiger partial charge in [-0.15, -0.1) is 0 Å². The second kappa shape index (κ2) is 6.64. The summed E-state index contributed by atoms with van der Waals surface area (Å²) < 4.78 is 14.7. The van der Waals surface area contributed by atoms with Crippen LogP contribution in [0.1, 0.15) is 0 Å². The van der Waals surface area contributed by atoms with E-state index >= 15 is 0 Å². The van der Waals surface area contributed by atoms with Gasteiger partial charge in [0, 0.05) is 12.2 Å². The summed E-state index contributed by atoms with van der Waals surface area (Å²) >= 11 is 3.07. The Balaban J connectivity index is 1.87. The highest BCUT2D eigenvalue weighted by Crippen LogP contribution is 2.20. The van der Waals surface area contributed by atoms with Gasteiger partial charge in [0.15, 0.2) is 0 Å². The Bertz CT molecular complexity index is 649. The van der Waals surface area contributed by atoms with Crippen LogP contribution in [0.15, 0.2) is 35.1 Å². The Labute approximate surface area is 127 Å². The van der Waals surface area contributed by atoms with Gasteiger partial charge in [0.05, 0.1) is 22.0 Å². The summed E-state index contributed by atoms with van der Waals surface area (Å²) in [6.45, 7) is 0.314. The first-order chi connectivity index (χ1) is 9.95. The summed E-state index contributed by atoms with van der Waals surface area (Å²) in [7, 11) is 0. The standard InChI is InChI=1S/C12H12BrFN4O3/c13-11-3-8(1-2-12(11)14)15-5-10(19)7-17-6-9(4-16-17)18(20)21/h1-4,6,10,15,19H,5,7H2. The van der Waals surface area contributed by atoms with Crippen molar-refractivity contribution in [2.24, 2.45) is 0 Å². The average molecular weight is 359 g/mol. The molecule has 21 heavy (non-hydrogen) atoms. The lowest BCUT2D eigenvalue weighted by Gasteiger charge is -2.13. The van der Waals surface area contributed by atoms with Gasteiger partial charge < -0.3 is 10.4 Å². The molecule has 0 aliphatic rings. The van der Waals surface area contributed by atoms with Gasteiger partial charge in [-0.1, -0.05) is 0 Å². The van der Waals surface area contributed by atoms with Crippen LogP contribution in [-0.4, -0.2) is 32.5 Å². The number of rotatable bonds is 6. The molecular weight excluding hydrogens is 347 g/mol. The number of aliphatic hydroxyl groups is 1. The molecule has 1 heterocycles. The van der Waals surface area contributed by atoms with Gasteiger partial charge in [0.2, 0.25) is 0 Å². The monoisotopic (exact) mass is 358 g/mol. The Morgan fingerprint density at radius 1 is 1.57 bits per heavy atom. The van der Waals surface area contributed by atoms with Crippen molar-refractivity contribution in [2.75, 3.05) is 11.9 Å². The molecule has 0 amide bonds. The fourth-order valence-corrected chi connectivity index (χ4v) is 2.05. The molecule has 0 aliphatic heterocycles. The van der Waals surface area contributed by atoms with Crippen molar-refractivity contribution in [3.8, 4) is 0 Å². The molecule has 9 heteroatoms. The van der Waals surface area contributed by atoms with Gasteiger partial charge in [0.25, 0.3) is 0 Å². The predicted octanol–water partition coefficient (Wildman–Crippen LogP) is 2.17. The minimum absolute atomic E-state index is 0.114. The maximum absolute atomic E-state index is 13.1. The SMILES string of the molecule is O=[N+]([O-])c1cnn(CC(O)CNc2ccc(F)c(Br)c2)c1. The van der Waals surface area contributed by atoms with Crippen LogP contribution in [0.25, 0.3) is 0 Å². The van der Waals surface area contributed by atoms with Gasteiger partial charge in [-0.05, 0) is 34.1 Å². The van der Waals surface area contributed by atoms with E-state index in [-0.39, 0.29) is 24.6 Å². The molecule has 0 bridgehead atoms. The van der Waals surface area contributed by atoms with Crippen LogP contribution in [0, 0.1) is 15.9 Å². The zero-order valence-corrected chi connectivity index (χ0v) is 12.3. The van der Waals surface area contributed by atoms with E-state index in [0.717, 1.165) is 6.20 Å². The first kappa shape index (κ1) is 15.4.